The summed E-state index contributed by atoms with van der Waals surface area (Å²) in [6.45, 7) is 1.08. The van der Waals surface area contributed by atoms with Crippen LogP contribution in [-0.2, 0) is 33.6 Å². The van der Waals surface area contributed by atoms with Gasteiger partial charge < -0.3 is 4.74 Å². The summed E-state index contributed by atoms with van der Waals surface area (Å²) in [5.41, 5.74) is 2.44. The van der Waals surface area contributed by atoms with Crippen LogP contribution in [0, 0.1) is 11.3 Å². The van der Waals surface area contributed by atoms with Gasteiger partial charge in [-0.2, -0.15) is 10.3 Å². The molecule has 30 heavy (non-hydrogen) atoms. The summed E-state index contributed by atoms with van der Waals surface area (Å²) < 4.78 is 5.59. The van der Waals surface area contributed by atoms with E-state index in [1.807, 2.05) is 12.1 Å². The van der Waals surface area contributed by atoms with Crippen LogP contribution < -0.4 is 0 Å². The van der Waals surface area contributed by atoms with Gasteiger partial charge in [-0.15, -0.1) is 11.3 Å². The highest BCUT2D eigenvalue weighted by Crippen LogP contribution is 2.35. The van der Waals surface area contributed by atoms with Crippen LogP contribution in [-0.4, -0.2) is 41.2 Å². The highest BCUT2D eigenvalue weighted by atomic mass is 32.1. The number of allylic oxidation sites excluding steroid dienone is 1. The summed E-state index contributed by atoms with van der Waals surface area (Å²) >= 11 is 1.47. The number of aromatic nitrogens is 1. The smallest absolute Gasteiger partial charge is 0.434 e. The van der Waals surface area contributed by atoms with E-state index in [9.17, 15) is 14.9 Å². The van der Waals surface area contributed by atoms with Crippen molar-refractivity contribution in [3.05, 3.63) is 57.0 Å². The van der Waals surface area contributed by atoms with E-state index in [2.05, 4.69) is 11.1 Å². The number of rotatable bonds is 5. The fourth-order valence-electron chi connectivity index (χ4n) is 3.64. The molecule has 4 rings (SSSR count). The van der Waals surface area contributed by atoms with Gasteiger partial charge in [-0.3, -0.25) is 14.6 Å². The van der Waals surface area contributed by atoms with E-state index in [-0.39, 0.29) is 18.3 Å². The predicted octanol–water partition coefficient (Wildman–Crippen LogP) is 3.47. The minimum atomic E-state index is -0.450. The number of pyridine rings is 1. The topological polar surface area (TPSA) is 92.5 Å². The van der Waals surface area contributed by atoms with Gasteiger partial charge in [0, 0.05) is 35.0 Å². The molecule has 0 saturated carbocycles. The van der Waals surface area contributed by atoms with Crippen LogP contribution in [0.15, 0.2) is 30.6 Å². The van der Waals surface area contributed by atoms with Gasteiger partial charge >= 0.3 is 6.09 Å². The monoisotopic (exact) mass is 423 g/mol. The van der Waals surface area contributed by atoms with E-state index in [4.69, 9.17) is 9.57 Å². The number of carbonyl (C=O) groups is 2. The lowest BCUT2D eigenvalue weighted by molar-refractivity contribution is -0.113. The van der Waals surface area contributed by atoms with E-state index in [1.165, 1.54) is 22.5 Å². The van der Waals surface area contributed by atoms with E-state index in [0.717, 1.165) is 27.3 Å². The zero-order valence-electron chi connectivity index (χ0n) is 16.4. The maximum atomic E-state index is 12.4. The molecule has 1 saturated heterocycles. The summed E-state index contributed by atoms with van der Waals surface area (Å²) in [6, 6.07) is 5.95. The van der Waals surface area contributed by atoms with Crippen molar-refractivity contribution in [1.82, 2.24) is 10.0 Å². The Balaban J connectivity index is 1.42. The molecule has 154 valence electrons. The summed E-state index contributed by atoms with van der Waals surface area (Å²) in [4.78, 5) is 35.6. The third-order valence-electron chi connectivity index (χ3n) is 5.11. The zero-order chi connectivity index (χ0) is 20.9. The van der Waals surface area contributed by atoms with Crippen molar-refractivity contribution >= 4 is 29.3 Å². The van der Waals surface area contributed by atoms with E-state index in [0.29, 0.717) is 38.0 Å². The number of ether oxygens (including phenoxy) is 1. The normalized spacial score (nSPS) is 18.2. The number of hydrogen-bond acceptors (Lipinski definition) is 7. The lowest BCUT2D eigenvalue weighted by Gasteiger charge is -2.24. The molecule has 1 fully saturated rings. The van der Waals surface area contributed by atoms with Gasteiger partial charge in [0.2, 0.25) is 0 Å². The summed E-state index contributed by atoms with van der Waals surface area (Å²) in [5, 5.41) is 10.9. The lowest BCUT2D eigenvalue weighted by Crippen LogP contribution is -2.33. The van der Waals surface area contributed by atoms with E-state index in [1.54, 1.807) is 18.5 Å². The molecule has 3 heterocycles. The van der Waals surface area contributed by atoms with Gasteiger partial charge in [0.15, 0.2) is 5.78 Å². The molecule has 2 aromatic rings. The highest BCUT2D eigenvalue weighted by Gasteiger charge is 2.30. The largest absolute Gasteiger partial charge is 0.444 e. The fourth-order valence-corrected chi connectivity index (χ4v) is 5.02. The van der Waals surface area contributed by atoms with Crippen LogP contribution in [0.4, 0.5) is 4.79 Å². The van der Waals surface area contributed by atoms with Crippen molar-refractivity contribution in [1.29, 1.82) is 5.26 Å². The number of ketones is 1. The number of carbonyl (C=O) groups excluding carboxylic acids is 2. The van der Waals surface area contributed by atoms with Gasteiger partial charge in [0.25, 0.3) is 0 Å². The molecular formula is C22H21N3O4S. The second-order valence-corrected chi connectivity index (χ2v) is 8.40. The maximum absolute atomic E-state index is 12.4. The summed E-state index contributed by atoms with van der Waals surface area (Å²) in [6.07, 6.45) is 8.80. The van der Waals surface area contributed by atoms with Crippen molar-refractivity contribution in [3.63, 3.8) is 0 Å². The third kappa shape index (κ3) is 4.58. The average molecular weight is 423 g/mol. The maximum Gasteiger partial charge on any atom is 0.434 e. The van der Waals surface area contributed by atoms with Gasteiger partial charge in [-0.1, -0.05) is 6.07 Å². The molecular weight excluding hydrogens is 402 g/mol. The van der Waals surface area contributed by atoms with E-state index >= 15 is 0 Å². The molecule has 1 aliphatic carbocycles. The Morgan fingerprint density at radius 1 is 1.47 bits per heavy atom. The molecule has 0 spiro atoms. The molecule has 1 amide bonds. The Morgan fingerprint density at radius 2 is 2.37 bits per heavy atom. The van der Waals surface area contributed by atoms with Crippen LogP contribution in [0.5, 0.6) is 0 Å². The number of hydroxylamine groups is 2. The SMILES string of the molecule is N#Cc1c(CC(=O)/C=C/c2cccnc2)sc2c1CCC(OC(=O)N1CCCO1)C2. The van der Waals surface area contributed by atoms with Crippen molar-refractivity contribution in [2.24, 2.45) is 0 Å². The number of nitriles is 1. The number of fused-ring (bicyclic) bond motifs is 1. The fraction of sp³-hybridized carbons (Fsp3) is 0.364. The lowest BCUT2D eigenvalue weighted by atomic mass is 9.92. The van der Waals surface area contributed by atoms with Gasteiger partial charge in [0.05, 0.1) is 18.7 Å². The Hall–Kier alpha value is -3.02. The highest BCUT2D eigenvalue weighted by molar-refractivity contribution is 7.12. The van der Waals surface area contributed by atoms with Crippen molar-refractivity contribution in [2.45, 2.75) is 38.2 Å². The van der Waals surface area contributed by atoms with Gasteiger partial charge in [-0.05, 0) is 48.6 Å². The Kier molecular flexibility index (Phi) is 6.21. The van der Waals surface area contributed by atoms with Gasteiger partial charge in [0.1, 0.15) is 12.2 Å². The average Bonchev–Trinajstić information content (AvgIpc) is 3.40. The first-order valence-electron chi connectivity index (χ1n) is 9.89. The van der Waals surface area contributed by atoms with E-state index < -0.39 is 6.09 Å². The molecule has 0 radical (unpaired) electrons. The first kappa shape index (κ1) is 20.3. The first-order valence-corrected chi connectivity index (χ1v) is 10.7. The molecule has 7 nitrogen and oxygen atoms in total. The summed E-state index contributed by atoms with van der Waals surface area (Å²) in [7, 11) is 0. The molecule has 0 N–H and O–H groups in total. The number of amides is 1. The summed E-state index contributed by atoms with van der Waals surface area (Å²) in [5.74, 6) is -0.0666. The van der Waals surface area contributed by atoms with Crippen molar-refractivity contribution in [2.75, 3.05) is 13.2 Å². The van der Waals surface area contributed by atoms with Crippen LogP contribution in [0.2, 0.25) is 0 Å². The Bertz CT molecular complexity index is 1000. The molecule has 1 unspecified atom stereocenters. The minimum Gasteiger partial charge on any atom is -0.444 e. The van der Waals surface area contributed by atoms with Crippen LogP contribution in [0.3, 0.4) is 0 Å². The van der Waals surface area contributed by atoms with Crippen LogP contribution in [0.25, 0.3) is 6.08 Å². The standard InChI is InChI=1S/C22H21N3O4S/c23-13-19-18-7-6-17(29-22(27)25-9-2-10-28-25)12-21(18)30-20(19)11-16(26)5-4-15-3-1-8-24-14-15/h1,3-5,8,14,17H,2,6-7,9-12H2/b5-4+. The number of hydrogen-bond donors (Lipinski definition) is 0. The minimum absolute atomic E-state index is 0.0666. The molecule has 2 aromatic heterocycles. The second-order valence-electron chi connectivity index (χ2n) is 7.21. The third-order valence-corrected chi connectivity index (χ3v) is 6.36. The number of nitrogens with zero attached hydrogens (tertiary/aromatic N) is 3. The first-order chi connectivity index (χ1) is 14.6. The Morgan fingerprint density at radius 3 is 3.10 bits per heavy atom. The molecule has 2 aliphatic rings. The van der Waals surface area contributed by atoms with Crippen LogP contribution >= 0.6 is 11.3 Å². The van der Waals surface area contributed by atoms with Gasteiger partial charge in [-0.25, -0.2) is 4.79 Å². The second kappa shape index (κ2) is 9.20. The molecule has 0 bridgehead atoms. The number of thiophene rings is 1. The molecule has 1 atom stereocenters. The van der Waals surface area contributed by atoms with Crippen molar-refractivity contribution in [3.8, 4) is 6.07 Å². The Labute approximate surface area is 178 Å². The molecule has 8 heteroatoms. The quantitative estimate of drug-likeness (QED) is 0.684. The van der Waals surface area contributed by atoms with Crippen LogP contribution in [0.1, 0.15) is 39.3 Å². The van der Waals surface area contributed by atoms with Crippen molar-refractivity contribution < 1.29 is 19.2 Å². The predicted molar refractivity (Wildman–Crippen MR) is 111 cm³/mol. The molecule has 0 aromatic carbocycles. The molecule has 1 aliphatic heterocycles. The zero-order valence-corrected chi connectivity index (χ0v) is 17.2.